The van der Waals surface area contributed by atoms with Crippen LogP contribution in [0.2, 0.25) is 0 Å². The van der Waals surface area contributed by atoms with E-state index < -0.39 is 0 Å². The fourth-order valence-electron chi connectivity index (χ4n) is 5.01. The van der Waals surface area contributed by atoms with Crippen LogP contribution in [0.25, 0.3) is 0 Å². The van der Waals surface area contributed by atoms with Crippen molar-refractivity contribution in [1.29, 1.82) is 0 Å². The Bertz CT molecular complexity index is 689. The number of nitrogens with one attached hydrogen (secondary N) is 2. The molecule has 1 aromatic carbocycles. The van der Waals surface area contributed by atoms with Gasteiger partial charge in [-0.1, -0.05) is 18.6 Å². The normalized spacial score (nSPS) is 29.3. The number of para-hydroxylation sites is 2. The molecular weight excluding hydrogens is 342 g/mol. The molecular formula is C21H31N3O3. The van der Waals surface area contributed by atoms with Crippen molar-refractivity contribution in [1.82, 2.24) is 10.6 Å². The molecule has 4 atom stereocenters. The van der Waals surface area contributed by atoms with Crippen LogP contribution in [-0.4, -0.2) is 51.5 Å². The van der Waals surface area contributed by atoms with E-state index in [0.29, 0.717) is 30.0 Å². The molecule has 2 N–H and O–H groups in total. The lowest BCUT2D eigenvalue weighted by Gasteiger charge is -2.63. The highest BCUT2D eigenvalue weighted by atomic mass is 16.5. The van der Waals surface area contributed by atoms with Crippen LogP contribution >= 0.6 is 0 Å². The van der Waals surface area contributed by atoms with Crippen LogP contribution in [0, 0.1) is 11.3 Å². The van der Waals surface area contributed by atoms with Crippen molar-refractivity contribution in [2.45, 2.75) is 50.9 Å². The molecule has 0 aromatic heterocycles. The highest BCUT2D eigenvalue weighted by molar-refractivity contribution is 5.80. The van der Waals surface area contributed by atoms with Crippen molar-refractivity contribution < 1.29 is 14.2 Å². The smallest absolute Gasteiger partial charge is 0.191 e. The third kappa shape index (κ3) is 3.24. The highest BCUT2D eigenvalue weighted by Gasteiger charge is 2.66. The molecule has 6 nitrogen and oxygen atoms in total. The average Bonchev–Trinajstić information content (AvgIpc) is 3.06. The van der Waals surface area contributed by atoms with Gasteiger partial charge < -0.3 is 24.8 Å². The van der Waals surface area contributed by atoms with Crippen LogP contribution in [0.3, 0.4) is 0 Å². The Morgan fingerprint density at radius 3 is 2.78 bits per heavy atom. The zero-order valence-electron chi connectivity index (χ0n) is 16.5. The predicted molar refractivity (Wildman–Crippen MR) is 106 cm³/mol. The number of rotatable bonds is 6. The molecule has 6 heteroatoms. The number of nitrogens with zero attached hydrogens (tertiary/aromatic N) is 1. The van der Waals surface area contributed by atoms with Crippen LogP contribution in [0.4, 0.5) is 0 Å². The fraction of sp³-hybridized carbons (Fsp3) is 0.667. The van der Waals surface area contributed by atoms with Crippen LogP contribution in [0.5, 0.6) is 11.5 Å². The van der Waals surface area contributed by atoms with Gasteiger partial charge in [-0.15, -0.1) is 0 Å². The molecule has 1 aromatic rings. The van der Waals surface area contributed by atoms with Crippen LogP contribution in [0.1, 0.15) is 32.6 Å². The number of hydrogen-bond donors (Lipinski definition) is 2. The van der Waals surface area contributed by atoms with Gasteiger partial charge in [0.15, 0.2) is 17.5 Å². The van der Waals surface area contributed by atoms with Gasteiger partial charge in [-0.2, -0.15) is 0 Å². The SMILES string of the molecule is CN=C(NCC(C)Oc1ccccc1OC)NC1C2CCOC2C12CCC2. The monoisotopic (exact) mass is 373 g/mol. The molecule has 2 aliphatic carbocycles. The molecule has 1 aliphatic heterocycles. The molecule has 0 radical (unpaired) electrons. The molecule has 1 heterocycles. The zero-order valence-corrected chi connectivity index (χ0v) is 16.5. The van der Waals surface area contributed by atoms with Crippen molar-refractivity contribution in [3.8, 4) is 11.5 Å². The van der Waals surface area contributed by atoms with Crippen LogP contribution in [0.15, 0.2) is 29.3 Å². The second-order valence-corrected chi connectivity index (χ2v) is 7.99. The first-order valence-electron chi connectivity index (χ1n) is 10.1. The standard InChI is InChI=1S/C21H31N3O3/c1-14(27-17-8-5-4-7-16(17)25-3)13-23-20(22-2)24-18-15-9-12-26-19(15)21(18)10-6-11-21/h4-5,7-8,14-15,18-19H,6,9-13H2,1-3H3,(H2,22,23,24). The van der Waals surface area contributed by atoms with E-state index >= 15 is 0 Å². The summed E-state index contributed by atoms with van der Waals surface area (Å²) in [5.41, 5.74) is 0.346. The lowest BCUT2D eigenvalue weighted by Crippen LogP contribution is -2.72. The minimum Gasteiger partial charge on any atom is -0.493 e. The second-order valence-electron chi connectivity index (χ2n) is 7.99. The Balaban J connectivity index is 1.31. The van der Waals surface area contributed by atoms with Crippen molar-refractivity contribution in [3.05, 3.63) is 24.3 Å². The van der Waals surface area contributed by atoms with E-state index in [-0.39, 0.29) is 6.10 Å². The van der Waals surface area contributed by atoms with E-state index in [0.717, 1.165) is 30.5 Å². The molecule has 4 unspecified atom stereocenters. The summed E-state index contributed by atoms with van der Waals surface area (Å²) in [6.07, 6.45) is 5.48. The number of guanidine groups is 1. The fourth-order valence-corrected chi connectivity index (χ4v) is 5.01. The first kappa shape index (κ1) is 18.4. The quantitative estimate of drug-likeness (QED) is 0.593. The van der Waals surface area contributed by atoms with Crippen LogP contribution in [-0.2, 0) is 4.74 Å². The van der Waals surface area contributed by atoms with E-state index in [4.69, 9.17) is 14.2 Å². The van der Waals surface area contributed by atoms with Crippen molar-refractivity contribution in [2.75, 3.05) is 27.3 Å². The van der Waals surface area contributed by atoms with Gasteiger partial charge in [0.1, 0.15) is 6.10 Å². The Kier molecular flexibility index (Phi) is 5.17. The molecule has 3 fully saturated rings. The van der Waals surface area contributed by atoms with E-state index in [1.807, 2.05) is 38.2 Å². The van der Waals surface area contributed by atoms with Gasteiger partial charge in [-0.25, -0.2) is 0 Å². The summed E-state index contributed by atoms with van der Waals surface area (Å²) in [7, 11) is 3.49. The third-order valence-corrected chi connectivity index (χ3v) is 6.51. The maximum Gasteiger partial charge on any atom is 0.191 e. The molecule has 27 heavy (non-hydrogen) atoms. The largest absolute Gasteiger partial charge is 0.493 e. The number of fused-ring (bicyclic) bond motifs is 2. The van der Waals surface area contributed by atoms with Crippen LogP contribution < -0.4 is 20.1 Å². The number of methoxy groups -OCH3 is 1. The molecule has 3 aliphatic rings. The lowest BCUT2D eigenvalue weighted by atomic mass is 9.46. The Labute approximate surface area is 161 Å². The Morgan fingerprint density at radius 1 is 1.33 bits per heavy atom. The van der Waals surface area contributed by atoms with Gasteiger partial charge in [0.05, 0.1) is 19.8 Å². The van der Waals surface area contributed by atoms with E-state index in [9.17, 15) is 0 Å². The molecule has 4 rings (SSSR count). The number of hydrogen-bond acceptors (Lipinski definition) is 4. The summed E-state index contributed by atoms with van der Waals surface area (Å²) in [5, 5.41) is 7.11. The van der Waals surface area contributed by atoms with Gasteiger partial charge in [-0.3, -0.25) is 4.99 Å². The highest BCUT2D eigenvalue weighted by Crippen LogP contribution is 2.62. The third-order valence-electron chi connectivity index (χ3n) is 6.51. The number of aliphatic imine (C=N–C) groups is 1. The topological polar surface area (TPSA) is 64.1 Å². The first-order valence-corrected chi connectivity index (χ1v) is 10.1. The zero-order chi connectivity index (χ0) is 18.9. The van der Waals surface area contributed by atoms with Gasteiger partial charge in [0.2, 0.25) is 0 Å². The second kappa shape index (κ2) is 7.58. The summed E-state index contributed by atoms with van der Waals surface area (Å²) in [6.45, 7) is 3.62. The number of ether oxygens (including phenoxy) is 3. The maximum atomic E-state index is 6.03. The predicted octanol–water partition coefficient (Wildman–Crippen LogP) is 2.59. The van der Waals surface area contributed by atoms with Crippen molar-refractivity contribution in [2.24, 2.45) is 16.3 Å². The average molecular weight is 373 g/mol. The summed E-state index contributed by atoms with van der Waals surface area (Å²) in [4.78, 5) is 4.43. The van der Waals surface area contributed by atoms with Gasteiger partial charge >= 0.3 is 0 Å². The molecule has 1 saturated heterocycles. The Morgan fingerprint density at radius 2 is 2.11 bits per heavy atom. The summed E-state index contributed by atoms with van der Waals surface area (Å²) in [5.74, 6) is 2.99. The molecule has 148 valence electrons. The van der Waals surface area contributed by atoms with Gasteiger partial charge in [-0.05, 0) is 38.3 Å². The van der Waals surface area contributed by atoms with E-state index in [1.54, 1.807) is 7.11 Å². The van der Waals surface area contributed by atoms with Crippen molar-refractivity contribution in [3.63, 3.8) is 0 Å². The minimum absolute atomic E-state index is 0.0125. The van der Waals surface area contributed by atoms with E-state index in [1.165, 1.54) is 19.3 Å². The summed E-state index contributed by atoms with van der Waals surface area (Å²) in [6, 6.07) is 8.21. The molecule has 0 amide bonds. The first-order chi connectivity index (χ1) is 13.2. The molecule has 1 spiro atoms. The molecule has 0 bridgehead atoms. The minimum atomic E-state index is -0.0125. The number of benzene rings is 1. The maximum absolute atomic E-state index is 6.03. The summed E-state index contributed by atoms with van der Waals surface area (Å²) >= 11 is 0. The van der Waals surface area contributed by atoms with E-state index in [2.05, 4.69) is 15.6 Å². The Hall–Kier alpha value is -1.95. The van der Waals surface area contributed by atoms with Gasteiger partial charge in [0.25, 0.3) is 0 Å². The lowest BCUT2D eigenvalue weighted by molar-refractivity contribution is -0.171. The van der Waals surface area contributed by atoms with Crippen molar-refractivity contribution >= 4 is 5.96 Å². The molecule has 2 saturated carbocycles. The van der Waals surface area contributed by atoms with Gasteiger partial charge in [0, 0.05) is 31.0 Å². The summed E-state index contributed by atoms with van der Waals surface area (Å²) < 4.78 is 17.4.